The van der Waals surface area contributed by atoms with Crippen LogP contribution in [0.2, 0.25) is 0 Å². The van der Waals surface area contributed by atoms with Gasteiger partial charge in [-0.15, -0.1) is 0 Å². The van der Waals surface area contributed by atoms with Crippen molar-refractivity contribution in [2.24, 2.45) is 0 Å². The van der Waals surface area contributed by atoms with Crippen LogP contribution in [0.5, 0.6) is 0 Å². The zero-order valence-corrected chi connectivity index (χ0v) is 14.5. The highest BCUT2D eigenvalue weighted by Crippen LogP contribution is 2.21. The van der Waals surface area contributed by atoms with Crippen molar-refractivity contribution < 1.29 is 9.59 Å². The first-order valence-electron chi connectivity index (χ1n) is 7.64. The number of nitrogens with one attached hydrogen (secondary N) is 3. The van der Waals surface area contributed by atoms with Gasteiger partial charge in [-0.2, -0.15) is 5.10 Å². The van der Waals surface area contributed by atoms with Gasteiger partial charge in [-0.3, -0.25) is 14.7 Å². The first-order chi connectivity index (χ1) is 10.6. The minimum atomic E-state index is -0.198. The second-order valence-corrected chi connectivity index (χ2v) is 6.89. The highest BCUT2D eigenvalue weighted by atomic mass is 16.1. The minimum Gasteiger partial charge on any atom is -0.355 e. The van der Waals surface area contributed by atoms with Crippen LogP contribution in [0.3, 0.4) is 0 Å². The molecule has 0 fully saturated rings. The maximum atomic E-state index is 12.4. The molecule has 0 spiro atoms. The van der Waals surface area contributed by atoms with E-state index >= 15 is 0 Å². The normalized spacial score (nSPS) is 11.6. The number of nitrogens with zero attached hydrogens (tertiary/aromatic N) is 1. The van der Waals surface area contributed by atoms with Crippen LogP contribution in [0.15, 0.2) is 6.07 Å². The molecule has 2 aromatic rings. The summed E-state index contributed by atoms with van der Waals surface area (Å²) in [6.45, 7) is 11.7. The molecule has 0 bridgehead atoms. The number of carbonyl (C=O) groups is 2. The van der Waals surface area contributed by atoms with Crippen molar-refractivity contribution in [2.75, 3.05) is 0 Å². The summed E-state index contributed by atoms with van der Waals surface area (Å²) < 4.78 is 0. The van der Waals surface area contributed by atoms with E-state index in [4.69, 9.17) is 0 Å². The lowest BCUT2D eigenvalue weighted by molar-refractivity contribution is 0.0949. The van der Waals surface area contributed by atoms with E-state index in [9.17, 15) is 9.59 Å². The Labute approximate surface area is 136 Å². The molecule has 0 saturated heterocycles. The fourth-order valence-electron chi connectivity index (χ4n) is 2.54. The highest BCUT2D eigenvalue weighted by Gasteiger charge is 2.21. The molecule has 6 heteroatoms. The summed E-state index contributed by atoms with van der Waals surface area (Å²) >= 11 is 0. The van der Waals surface area contributed by atoms with Crippen LogP contribution in [-0.2, 0) is 12.0 Å². The molecule has 0 aliphatic heterocycles. The lowest BCUT2D eigenvalue weighted by Crippen LogP contribution is -2.24. The van der Waals surface area contributed by atoms with Gasteiger partial charge in [0.05, 0.1) is 29.2 Å². The van der Waals surface area contributed by atoms with Gasteiger partial charge in [0.25, 0.3) is 5.91 Å². The van der Waals surface area contributed by atoms with Gasteiger partial charge in [0.15, 0.2) is 5.78 Å². The number of hydrogen-bond donors (Lipinski definition) is 3. The van der Waals surface area contributed by atoms with Crippen molar-refractivity contribution in [1.82, 2.24) is 20.5 Å². The number of rotatable bonds is 4. The summed E-state index contributed by atoms with van der Waals surface area (Å²) in [4.78, 5) is 27.0. The van der Waals surface area contributed by atoms with E-state index in [0.29, 0.717) is 29.1 Å². The summed E-state index contributed by atoms with van der Waals surface area (Å²) in [5.41, 5.74) is 4.17. The summed E-state index contributed by atoms with van der Waals surface area (Å²) in [5.74, 6) is -0.274. The quantitative estimate of drug-likeness (QED) is 0.758. The third kappa shape index (κ3) is 3.52. The van der Waals surface area contributed by atoms with E-state index in [0.717, 1.165) is 11.4 Å². The smallest absolute Gasteiger partial charge is 0.253 e. The average molecular weight is 316 g/mol. The number of aromatic amines is 2. The molecule has 0 unspecified atom stereocenters. The van der Waals surface area contributed by atoms with Crippen LogP contribution in [0.1, 0.15) is 71.2 Å². The van der Waals surface area contributed by atoms with Gasteiger partial charge in [-0.05, 0) is 25.5 Å². The van der Waals surface area contributed by atoms with Crippen molar-refractivity contribution >= 4 is 11.7 Å². The number of carbonyl (C=O) groups excluding carboxylic acids is 2. The molecule has 0 saturated carbocycles. The number of ketones is 1. The number of aryl methyl sites for hydroxylation is 1. The van der Waals surface area contributed by atoms with Crippen molar-refractivity contribution in [3.05, 3.63) is 40.0 Å². The van der Waals surface area contributed by atoms with Crippen LogP contribution >= 0.6 is 0 Å². The molecule has 1 amide bonds. The average Bonchev–Trinajstić information content (AvgIpc) is 3.01. The summed E-state index contributed by atoms with van der Waals surface area (Å²) in [5, 5.41) is 10.1. The van der Waals surface area contributed by atoms with E-state index in [2.05, 4.69) is 41.3 Å². The standard InChI is InChI=1S/C17H24N4O2/c1-9-14(10(2)19-15(9)11(3)22)16(23)18-8-12-7-13(21-20-12)17(4,5)6/h7,19H,8H2,1-6H3,(H,18,23)(H,20,21). The fourth-order valence-corrected chi connectivity index (χ4v) is 2.54. The molecule has 0 radical (unpaired) electrons. The number of aromatic nitrogens is 3. The molecule has 0 aromatic carbocycles. The molecular formula is C17H24N4O2. The van der Waals surface area contributed by atoms with Crippen LogP contribution in [0, 0.1) is 13.8 Å². The molecule has 23 heavy (non-hydrogen) atoms. The van der Waals surface area contributed by atoms with Crippen molar-refractivity contribution in [1.29, 1.82) is 0 Å². The van der Waals surface area contributed by atoms with Crippen LogP contribution < -0.4 is 5.32 Å². The summed E-state index contributed by atoms with van der Waals surface area (Å²) in [6.07, 6.45) is 0. The molecule has 2 rings (SSSR count). The Kier molecular flexibility index (Phi) is 4.45. The largest absolute Gasteiger partial charge is 0.355 e. The van der Waals surface area contributed by atoms with E-state index in [1.54, 1.807) is 13.8 Å². The van der Waals surface area contributed by atoms with Gasteiger partial charge in [-0.1, -0.05) is 20.8 Å². The Balaban J connectivity index is 2.12. The minimum absolute atomic E-state index is 0.0387. The topological polar surface area (TPSA) is 90.6 Å². The zero-order valence-electron chi connectivity index (χ0n) is 14.5. The molecule has 0 atom stereocenters. The number of Topliss-reactive ketones (excluding diaryl/α,β-unsaturated/α-hetero) is 1. The third-order valence-electron chi connectivity index (χ3n) is 3.86. The Bertz CT molecular complexity index is 747. The molecule has 6 nitrogen and oxygen atoms in total. The van der Waals surface area contributed by atoms with Gasteiger partial charge < -0.3 is 10.3 Å². The number of hydrogen-bond acceptors (Lipinski definition) is 3. The first-order valence-corrected chi connectivity index (χ1v) is 7.64. The first kappa shape index (κ1) is 17.0. The lowest BCUT2D eigenvalue weighted by atomic mass is 9.92. The van der Waals surface area contributed by atoms with E-state index in [1.165, 1.54) is 6.92 Å². The van der Waals surface area contributed by atoms with Crippen molar-refractivity contribution in [2.45, 2.75) is 53.5 Å². The van der Waals surface area contributed by atoms with Crippen LogP contribution in [0.4, 0.5) is 0 Å². The van der Waals surface area contributed by atoms with E-state index < -0.39 is 0 Å². The van der Waals surface area contributed by atoms with Gasteiger partial charge >= 0.3 is 0 Å². The monoisotopic (exact) mass is 316 g/mol. The number of H-pyrrole nitrogens is 2. The molecule has 2 aromatic heterocycles. The summed E-state index contributed by atoms with van der Waals surface area (Å²) in [6, 6.07) is 1.96. The Morgan fingerprint density at radius 3 is 2.39 bits per heavy atom. The highest BCUT2D eigenvalue weighted by molar-refractivity contribution is 6.02. The Morgan fingerprint density at radius 1 is 1.26 bits per heavy atom. The third-order valence-corrected chi connectivity index (χ3v) is 3.86. The fraction of sp³-hybridized carbons (Fsp3) is 0.471. The SMILES string of the molecule is CC(=O)c1[nH]c(C)c(C(=O)NCc2cc(C(C)(C)C)n[nH]2)c1C. The molecular weight excluding hydrogens is 292 g/mol. The molecule has 124 valence electrons. The van der Waals surface area contributed by atoms with Gasteiger partial charge in [0.1, 0.15) is 0 Å². The van der Waals surface area contributed by atoms with Crippen LogP contribution in [0.25, 0.3) is 0 Å². The number of amides is 1. The maximum Gasteiger partial charge on any atom is 0.253 e. The Morgan fingerprint density at radius 2 is 1.91 bits per heavy atom. The van der Waals surface area contributed by atoms with Gasteiger partial charge in [0.2, 0.25) is 0 Å². The van der Waals surface area contributed by atoms with E-state index in [1.807, 2.05) is 6.07 Å². The summed E-state index contributed by atoms with van der Waals surface area (Å²) in [7, 11) is 0. The Hall–Kier alpha value is -2.37. The van der Waals surface area contributed by atoms with Gasteiger partial charge in [-0.25, -0.2) is 0 Å². The lowest BCUT2D eigenvalue weighted by Gasteiger charge is -2.13. The van der Waals surface area contributed by atoms with Crippen molar-refractivity contribution in [3.8, 4) is 0 Å². The second kappa shape index (κ2) is 6.02. The van der Waals surface area contributed by atoms with E-state index in [-0.39, 0.29) is 17.1 Å². The van der Waals surface area contributed by atoms with Crippen molar-refractivity contribution in [3.63, 3.8) is 0 Å². The zero-order chi connectivity index (χ0) is 17.4. The predicted molar refractivity (Wildman–Crippen MR) is 88.7 cm³/mol. The molecule has 0 aliphatic carbocycles. The maximum absolute atomic E-state index is 12.4. The molecule has 2 heterocycles. The molecule has 3 N–H and O–H groups in total. The predicted octanol–water partition coefficient (Wildman–Crippen LogP) is 2.78. The van der Waals surface area contributed by atoms with Crippen LogP contribution in [-0.4, -0.2) is 26.9 Å². The van der Waals surface area contributed by atoms with Gasteiger partial charge in [0, 0.05) is 18.0 Å². The second-order valence-electron chi connectivity index (χ2n) is 6.89. The molecule has 0 aliphatic rings.